The first-order valence-corrected chi connectivity index (χ1v) is 9.61. The van der Waals surface area contributed by atoms with Gasteiger partial charge in [0.1, 0.15) is 0 Å². The molecule has 6 heteroatoms. The van der Waals surface area contributed by atoms with Crippen molar-refractivity contribution in [3.8, 4) is 0 Å². The van der Waals surface area contributed by atoms with Gasteiger partial charge in [0, 0.05) is 10.5 Å². The van der Waals surface area contributed by atoms with E-state index in [4.69, 9.17) is 7.10 Å². The van der Waals surface area contributed by atoms with E-state index in [1.807, 2.05) is 24.3 Å². The zero-order valence-electron chi connectivity index (χ0n) is 17.9. The summed E-state index contributed by atoms with van der Waals surface area (Å²) in [5.74, 6) is -0.896. The summed E-state index contributed by atoms with van der Waals surface area (Å²) in [6.07, 6.45) is 6.26. The summed E-state index contributed by atoms with van der Waals surface area (Å²) in [5, 5.41) is 0. The molecular weight excluding hydrogens is 447 g/mol. The van der Waals surface area contributed by atoms with Crippen LogP contribution in [0.4, 0.5) is 4.39 Å². The molecule has 2 aromatic rings. The molecule has 0 atom stereocenters. The number of halogens is 2. The number of carbonyl (C=O) groups is 2. The first-order valence-electron chi connectivity index (χ1n) is 9.52. The van der Waals surface area contributed by atoms with Crippen LogP contribution >= 0.6 is 15.9 Å². The van der Waals surface area contributed by atoms with Gasteiger partial charge in [-0.1, -0.05) is 80.2 Å². The van der Waals surface area contributed by atoms with E-state index in [1.165, 1.54) is 21.7 Å². The highest BCUT2D eigenvalue weighted by molar-refractivity contribution is 9.10. The minimum absolute atomic E-state index is 0. The lowest BCUT2D eigenvalue weighted by Gasteiger charge is -1.97. The number of hydrogen-bond donors (Lipinski definition) is 2. The molecule has 0 bridgehead atoms. The quantitative estimate of drug-likeness (QED) is 0.541. The summed E-state index contributed by atoms with van der Waals surface area (Å²) in [6.45, 7) is 7.33. The number of rotatable bonds is 5. The second kappa shape index (κ2) is 21.0. The van der Waals surface area contributed by atoms with Crippen molar-refractivity contribution >= 4 is 33.8 Å². The summed E-state index contributed by atoms with van der Waals surface area (Å²) in [6, 6.07) is 16.4. The van der Waals surface area contributed by atoms with E-state index in [-0.39, 0.29) is 7.43 Å². The lowest BCUT2D eigenvalue weighted by molar-refractivity contribution is -0.114. The van der Waals surface area contributed by atoms with Crippen LogP contribution in [0.25, 0.3) is 6.08 Å². The van der Waals surface area contributed by atoms with Crippen LogP contribution in [0.1, 0.15) is 39.3 Å². The third-order valence-corrected chi connectivity index (χ3v) is 3.79. The monoisotopic (exact) mass is 481 g/mol. The van der Waals surface area contributed by atoms with Crippen LogP contribution in [0.3, 0.4) is 0 Å². The Balaban J connectivity index is -0.000000380. The third-order valence-electron chi connectivity index (χ3n) is 3.30. The molecule has 166 valence electrons. The fourth-order valence-electron chi connectivity index (χ4n) is 1.85. The van der Waals surface area contributed by atoms with Gasteiger partial charge in [0.2, 0.25) is 11.8 Å². The maximum atomic E-state index is 10.5. The first kappa shape index (κ1) is 29.5. The van der Waals surface area contributed by atoms with Gasteiger partial charge < -0.3 is 11.5 Å². The van der Waals surface area contributed by atoms with Crippen molar-refractivity contribution in [2.45, 2.75) is 34.1 Å². The molecule has 2 aromatic carbocycles. The largest absolute Gasteiger partial charge is 0.366 e. The normalized spacial score (nSPS) is 9.13. The highest BCUT2D eigenvalue weighted by Gasteiger charge is 1.90. The summed E-state index contributed by atoms with van der Waals surface area (Å²) < 4.78 is 16.7. The second-order valence-corrected chi connectivity index (χ2v) is 6.34. The van der Waals surface area contributed by atoms with Gasteiger partial charge in [-0.3, -0.25) is 14.0 Å². The molecule has 4 nitrogen and oxygen atoms in total. The first-order chi connectivity index (χ1) is 14.2. The van der Waals surface area contributed by atoms with Crippen LogP contribution in [-0.4, -0.2) is 19.0 Å². The van der Waals surface area contributed by atoms with Gasteiger partial charge in [-0.2, -0.15) is 0 Å². The van der Waals surface area contributed by atoms with Crippen molar-refractivity contribution in [2.75, 3.05) is 7.15 Å². The minimum atomic E-state index is -1.00. The maximum Gasteiger partial charge on any atom is 0.241 e. The molecule has 0 radical (unpaired) electrons. The van der Waals surface area contributed by atoms with E-state index >= 15 is 0 Å². The fourth-order valence-corrected chi connectivity index (χ4v) is 2.30. The van der Waals surface area contributed by atoms with E-state index in [1.54, 1.807) is 6.08 Å². The van der Waals surface area contributed by atoms with E-state index in [2.05, 4.69) is 66.4 Å². The van der Waals surface area contributed by atoms with Gasteiger partial charge in [-0.05, 0) is 53.8 Å². The van der Waals surface area contributed by atoms with Crippen LogP contribution in [0.15, 0.2) is 71.7 Å². The molecule has 0 fully saturated rings. The second-order valence-electron chi connectivity index (χ2n) is 5.42. The Bertz CT molecular complexity index is 799. The molecule has 2 amide bonds. The van der Waals surface area contributed by atoms with E-state index < -0.39 is 19.0 Å². The molecule has 0 aliphatic rings. The molecule has 0 aliphatic heterocycles. The van der Waals surface area contributed by atoms with Gasteiger partial charge in [0.05, 0.1) is 8.52 Å². The number of alkyl halides is 1. The number of primary amides is 2. The van der Waals surface area contributed by atoms with Crippen molar-refractivity contribution in [3.63, 3.8) is 0 Å². The van der Waals surface area contributed by atoms with E-state index in [9.17, 15) is 14.0 Å². The Morgan fingerprint density at radius 3 is 1.90 bits per heavy atom. The average Bonchev–Trinajstić information content (AvgIpc) is 2.73. The Labute approximate surface area is 190 Å². The SMILES string of the molecule is C.C=CC(N)=O.CCc1cccc(/C=C/C(N)=O)c1.CCc1cccc(Br)c1.[2H]CF. The lowest BCUT2D eigenvalue weighted by atomic mass is 10.1. The van der Waals surface area contributed by atoms with Gasteiger partial charge in [-0.25, -0.2) is 0 Å². The van der Waals surface area contributed by atoms with Gasteiger partial charge in [0.15, 0.2) is 0 Å². The van der Waals surface area contributed by atoms with Gasteiger partial charge in [0.25, 0.3) is 0 Å². The number of benzene rings is 2. The molecule has 30 heavy (non-hydrogen) atoms. The summed E-state index contributed by atoms with van der Waals surface area (Å²) in [4.78, 5) is 19.9. The third kappa shape index (κ3) is 18.6. The Hall–Kier alpha value is -2.73. The fraction of sp³-hybridized carbons (Fsp3) is 0.250. The summed E-state index contributed by atoms with van der Waals surface area (Å²) in [7, 11) is -1.00. The molecule has 0 unspecified atom stereocenters. The van der Waals surface area contributed by atoms with Crippen LogP contribution in [-0.2, 0) is 22.4 Å². The smallest absolute Gasteiger partial charge is 0.241 e. The van der Waals surface area contributed by atoms with Crippen LogP contribution in [0.5, 0.6) is 0 Å². The minimum Gasteiger partial charge on any atom is -0.366 e. The zero-order chi connectivity index (χ0) is 23.4. The van der Waals surface area contributed by atoms with Crippen molar-refractivity contribution in [2.24, 2.45) is 11.5 Å². The molecule has 0 aliphatic carbocycles. The standard InChI is InChI=1S/C11H13NO.C8H9Br.C3H5NO.CH3F.CH4/c1-2-9-4-3-5-10(8-9)6-7-11(12)13;1-2-7-4-3-5-8(9)6-7;1-2-3(4)5;1-2;/h3-8H,2H2,1H3,(H2,12,13);3-6H,2H2,1H3;2H,1H2,(H2,4,5);1H3;1H4/b7-6+;;;;/i;;;1D;. The van der Waals surface area contributed by atoms with Crippen LogP contribution in [0.2, 0.25) is 0 Å². The van der Waals surface area contributed by atoms with Gasteiger partial charge in [-0.15, -0.1) is 0 Å². The summed E-state index contributed by atoms with van der Waals surface area (Å²) >= 11 is 3.40. The number of amides is 2. The topological polar surface area (TPSA) is 86.2 Å². The molecule has 0 spiro atoms. The number of aryl methyl sites for hydroxylation is 2. The van der Waals surface area contributed by atoms with E-state index in [0.29, 0.717) is 0 Å². The number of hydrogen-bond acceptors (Lipinski definition) is 2. The van der Waals surface area contributed by atoms with Gasteiger partial charge >= 0.3 is 0 Å². The molecule has 0 saturated carbocycles. The lowest BCUT2D eigenvalue weighted by Crippen LogP contribution is -2.05. The maximum absolute atomic E-state index is 10.5. The van der Waals surface area contributed by atoms with Crippen LogP contribution in [0, 0.1) is 0 Å². The number of nitrogens with two attached hydrogens (primary N) is 2. The molecule has 0 heterocycles. The molecule has 0 aromatic heterocycles. The Morgan fingerprint density at radius 1 is 1.07 bits per heavy atom. The average molecular weight is 482 g/mol. The van der Waals surface area contributed by atoms with E-state index in [0.717, 1.165) is 24.5 Å². The highest BCUT2D eigenvalue weighted by atomic mass is 79.9. The Kier molecular flexibility index (Phi) is 20.6. The predicted molar refractivity (Wildman–Crippen MR) is 131 cm³/mol. The Morgan fingerprint density at radius 2 is 1.53 bits per heavy atom. The molecular formula is C24H34BrFN2O2. The van der Waals surface area contributed by atoms with Crippen molar-refractivity contribution in [1.29, 1.82) is 0 Å². The zero-order valence-corrected chi connectivity index (χ0v) is 18.5. The van der Waals surface area contributed by atoms with Crippen LogP contribution < -0.4 is 11.5 Å². The number of carbonyl (C=O) groups excluding carboxylic acids is 2. The predicted octanol–water partition coefficient (Wildman–Crippen LogP) is 5.64. The highest BCUT2D eigenvalue weighted by Crippen LogP contribution is 2.11. The molecule has 4 N–H and O–H groups in total. The molecule has 2 rings (SSSR count). The van der Waals surface area contributed by atoms with Crippen molar-refractivity contribution in [1.82, 2.24) is 0 Å². The summed E-state index contributed by atoms with van der Waals surface area (Å²) in [5.41, 5.74) is 13.2. The molecule has 0 saturated heterocycles. The van der Waals surface area contributed by atoms with Crippen molar-refractivity contribution in [3.05, 3.63) is 88.4 Å². The van der Waals surface area contributed by atoms with Crippen molar-refractivity contribution < 1.29 is 15.4 Å².